The van der Waals surface area contributed by atoms with E-state index in [-0.39, 0.29) is 24.0 Å². The average Bonchev–Trinajstić information content (AvgIpc) is 2.92. The number of methoxy groups -OCH3 is 1. The summed E-state index contributed by atoms with van der Waals surface area (Å²) in [6, 6.07) is 0. The van der Waals surface area contributed by atoms with Crippen LogP contribution in [0.15, 0.2) is 12.2 Å². The molecule has 0 bridgehead atoms. The van der Waals surface area contributed by atoms with Crippen LogP contribution in [0.1, 0.15) is 91.4 Å². The Bertz CT molecular complexity index is 469. The Labute approximate surface area is 164 Å². The highest BCUT2D eigenvalue weighted by Gasteiger charge is 2.39. The number of unbranched alkanes of at least 4 members (excludes halogenated alkanes) is 6. The first-order chi connectivity index (χ1) is 12.9. The minimum Gasteiger partial charge on any atom is -0.469 e. The number of carbonyl (C=O) groups excluding carboxylic acids is 2. The molecule has 0 aliphatic carbocycles. The Balaban J connectivity index is 2.23. The van der Waals surface area contributed by atoms with Crippen molar-refractivity contribution in [1.82, 2.24) is 0 Å². The van der Waals surface area contributed by atoms with Crippen LogP contribution in [0.2, 0.25) is 0 Å². The fourth-order valence-corrected chi connectivity index (χ4v) is 3.33. The number of rotatable bonds is 14. The van der Waals surface area contributed by atoms with Crippen LogP contribution in [-0.4, -0.2) is 36.9 Å². The second kappa shape index (κ2) is 13.1. The summed E-state index contributed by atoms with van der Waals surface area (Å²) in [6.45, 7) is 6.04. The number of carbonyl (C=O) groups is 2. The highest BCUT2D eigenvalue weighted by Crippen LogP contribution is 2.31. The van der Waals surface area contributed by atoms with Crippen LogP contribution in [0.25, 0.3) is 0 Å². The molecule has 5 nitrogen and oxygen atoms in total. The van der Waals surface area contributed by atoms with Gasteiger partial charge in [-0.1, -0.05) is 45.4 Å². The zero-order chi connectivity index (χ0) is 20.1. The van der Waals surface area contributed by atoms with Crippen LogP contribution in [0.5, 0.6) is 0 Å². The van der Waals surface area contributed by atoms with Gasteiger partial charge in [-0.2, -0.15) is 0 Å². The summed E-state index contributed by atoms with van der Waals surface area (Å²) in [7, 11) is 1.42. The van der Waals surface area contributed by atoms with Gasteiger partial charge in [0.2, 0.25) is 0 Å². The van der Waals surface area contributed by atoms with Crippen LogP contribution in [0, 0.1) is 0 Å². The lowest BCUT2D eigenvalue weighted by Crippen LogP contribution is -2.21. The van der Waals surface area contributed by atoms with E-state index in [4.69, 9.17) is 9.47 Å². The Morgan fingerprint density at radius 2 is 1.63 bits per heavy atom. The van der Waals surface area contributed by atoms with E-state index in [9.17, 15) is 9.59 Å². The monoisotopic (exact) mass is 382 g/mol. The summed E-state index contributed by atoms with van der Waals surface area (Å²) in [5.41, 5.74) is 0. The molecular formula is C22H38O5. The van der Waals surface area contributed by atoms with Crippen molar-refractivity contribution in [3.63, 3.8) is 0 Å². The number of ketones is 1. The Morgan fingerprint density at radius 3 is 2.30 bits per heavy atom. The molecule has 0 saturated carbocycles. The van der Waals surface area contributed by atoms with E-state index in [1.54, 1.807) is 6.08 Å². The first-order valence-corrected chi connectivity index (χ1v) is 10.5. The lowest BCUT2D eigenvalue weighted by molar-refractivity contribution is -0.143. The van der Waals surface area contributed by atoms with Crippen molar-refractivity contribution in [3.8, 4) is 0 Å². The summed E-state index contributed by atoms with van der Waals surface area (Å²) in [5, 5.41) is 0. The lowest BCUT2D eigenvalue weighted by Gasteiger charge is -2.16. The van der Waals surface area contributed by atoms with Crippen molar-refractivity contribution in [2.24, 2.45) is 0 Å². The molecule has 1 aliphatic rings. The molecule has 0 aromatic rings. The van der Waals surface area contributed by atoms with Crippen molar-refractivity contribution in [2.45, 2.75) is 109 Å². The third kappa shape index (κ3) is 10.6. The Hall–Kier alpha value is -1.20. The molecule has 1 saturated heterocycles. The highest BCUT2D eigenvalue weighted by molar-refractivity contribution is 5.89. The van der Waals surface area contributed by atoms with Crippen LogP contribution in [0.4, 0.5) is 0 Å². The normalized spacial score (nSPS) is 21.6. The standard InChI is InChI=1S/C22H38O5/c1-5-6-10-14-19-20(27-22(2,3)26-19)17-16-18(23)13-11-8-7-9-12-15-21(24)25-4/h16-17,19-20H,5-15H2,1-4H3/b17-16+/t19-,20-/m0/s1. The lowest BCUT2D eigenvalue weighted by atomic mass is 10.0. The Kier molecular flexibility index (Phi) is 11.5. The van der Waals surface area contributed by atoms with Crippen molar-refractivity contribution in [3.05, 3.63) is 12.2 Å². The quantitative estimate of drug-likeness (QED) is 0.237. The number of hydrogen-bond acceptors (Lipinski definition) is 5. The molecule has 1 heterocycles. The van der Waals surface area contributed by atoms with E-state index in [2.05, 4.69) is 11.7 Å². The fraction of sp³-hybridized carbons (Fsp3) is 0.818. The first-order valence-electron chi connectivity index (χ1n) is 10.5. The minimum absolute atomic E-state index is 0.0328. The van der Waals surface area contributed by atoms with Crippen molar-refractivity contribution in [1.29, 1.82) is 0 Å². The molecule has 1 aliphatic heterocycles. The number of allylic oxidation sites excluding steroid dienone is 1. The second-order valence-electron chi connectivity index (χ2n) is 7.80. The van der Waals surface area contributed by atoms with Gasteiger partial charge < -0.3 is 14.2 Å². The van der Waals surface area contributed by atoms with Gasteiger partial charge >= 0.3 is 5.97 Å². The highest BCUT2D eigenvalue weighted by atomic mass is 16.7. The van der Waals surface area contributed by atoms with Crippen LogP contribution in [-0.2, 0) is 23.8 Å². The maximum atomic E-state index is 12.1. The van der Waals surface area contributed by atoms with Gasteiger partial charge in [0, 0.05) is 12.8 Å². The van der Waals surface area contributed by atoms with Crippen LogP contribution >= 0.6 is 0 Å². The maximum absolute atomic E-state index is 12.1. The SMILES string of the molecule is CCCCC[C@@H]1OC(C)(C)O[C@H]1/C=C/C(=O)CCCCCCCC(=O)OC. The fourth-order valence-electron chi connectivity index (χ4n) is 3.33. The van der Waals surface area contributed by atoms with Gasteiger partial charge in [-0.3, -0.25) is 9.59 Å². The molecule has 0 amide bonds. The first kappa shape index (κ1) is 23.8. The number of esters is 1. The van der Waals surface area contributed by atoms with Gasteiger partial charge in [0.1, 0.15) is 6.10 Å². The zero-order valence-corrected chi connectivity index (χ0v) is 17.6. The smallest absolute Gasteiger partial charge is 0.305 e. The predicted molar refractivity (Wildman–Crippen MR) is 106 cm³/mol. The number of hydrogen-bond donors (Lipinski definition) is 0. The number of ether oxygens (including phenoxy) is 3. The maximum Gasteiger partial charge on any atom is 0.305 e. The van der Waals surface area contributed by atoms with Gasteiger partial charge in [-0.15, -0.1) is 0 Å². The molecule has 2 atom stereocenters. The van der Waals surface area contributed by atoms with Crippen molar-refractivity contribution >= 4 is 11.8 Å². The van der Waals surface area contributed by atoms with Crippen LogP contribution in [0.3, 0.4) is 0 Å². The molecular weight excluding hydrogens is 344 g/mol. The molecule has 0 radical (unpaired) electrons. The topological polar surface area (TPSA) is 61.8 Å². The van der Waals surface area contributed by atoms with E-state index >= 15 is 0 Å². The van der Waals surface area contributed by atoms with E-state index in [0.717, 1.165) is 44.9 Å². The minimum atomic E-state index is -0.584. The summed E-state index contributed by atoms with van der Waals surface area (Å²) in [4.78, 5) is 23.1. The molecule has 27 heavy (non-hydrogen) atoms. The molecule has 0 spiro atoms. The molecule has 0 aromatic carbocycles. The molecule has 1 rings (SSSR count). The van der Waals surface area contributed by atoms with E-state index in [1.807, 2.05) is 19.9 Å². The van der Waals surface area contributed by atoms with Crippen molar-refractivity contribution < 1.29 is 23.8 Å². The van der Waals surface area contributed by atoms with Gasteiger partial charge in [-0.05, 0) is 45.3 Å². The summed E-state index contributed by atoms with van der Waals surface area (Å²) in [6.07, 6.45) is 13.7. The molecule has 0 unspecified atom stereocenters. The molecule has 5 heteroatoms. The van der Waals surface area contributed by atoms with Crippen molar-refractivity contribution in [2.75, 3.05) is 7.11 Å². The van der Waals surface area contributed by atoms with Gasteiger partial charge in [-0.25, -0.2) is 0 Å². The average molecular weight is 383 g/mol. The summed E-state index contributed by atoms with van der Waals surface area (Å²) >= 11 is 0. The van der Waals surface area contributed by atoms with E-state index in [0.29, 0.717) is 12.8 Å². The third-order valence-corrected chi connectivity index (χ3v) is 4.82. The third-order valence-electron chi connectivity index (χ3n) is 4.82. The van der Waals surface area contributed by atoms with Crippen LogP contribution < -0.4 is 0 Å². The Morgan fingerprint density at radius 1 is 0.963 bits per heavy atom. The molecule has 0 N–H and O–H groups in total. The van der Waals surface area contributed by atoms with E-state index < -0.39 is 5.79 Å². The molecule has 1 fully saturated rings. The van der Waals surface area contributed by atoms with Gasteiger partial charge in [0.25, 0.3) is 0 Å². The summed E-state index contributed by atoms with van der Waals surface area (Å²) < 4.78 is 16.5. The van der Waals surface area contributed by atoms with Gasteiger partial charge in [0.05, 0.1) is 13.2 Å². The molecule has 156 valence electrons. The van der Waals surface area contributed by atoms with Gasteiger partial charge in [0.15, 0.2) is 11.6 Å². The van der Waals surface area contributed by atoms with E-state index in [1.165, 1.54) is 20.0 Å². The second-order valence-corrected chi connectivity index (χ2v) is 7.80. The summed E-state index contributed by atoms with van der Waals surface area (Å²) in [5.74, 6) is -0.589. The predicted octanol–water partition coefficient (Wildman–Crippen LogP) is 5.12. The molecule has 0 aromatic heterocycles. The zero-order valence-electron chi connectivity index (χ0n) is 17.6. The largest absolute Gasteiger partial charge is 0.469 e.